The third-order valence-electron chi connectivity index (χ3n) is 4.25. The van der Waals surface area contributed by atoms with Crippen LogP contribution in [-0.4, -0.2) is 32.6 Å². The van der Waals surface area contributed by atoms with Crippen molar-refractivity contribution in [2.75, 3.05) is 11.9 Å². The average molecular weight is 468 g/mol. The molecule has 0 bridgehead atoms. The van der Waals surface area contributed by atoms with Crippen LogP contribution in [0.4, 0.5) is 5.13 Å². The topological polar surface area (TPSA) is 71.5 Å². The first-order valence-electron chi connectivity index (χ1n) is 9.36. The molecular weight excluding hydrogens is 450 g/mol. The second-order valence-electron chi connectivity index (χ2n) is 6.46. The molecule has 0 unspecified atom stereocenters. The number of thioether (sulfide) groups is 1. The van der Waals surface area contributed by atoms with Crippen molar-refractivity contribution in [1.29, 1.82) is 0 Å². The maximum Gasteiger partial charge on any atom is 0.266 e. The molecule has 1 saturated heterocycles. The third kappa shape index (κ3) is 5.57. The molecule has 1 N–H and O–H groups in total. The molecule has 31 heavy (non-hydrogen) atoms. The van der Waals surface area contributed by atoms with Gasteiger partial charge in [-0.15, -0.1) is 11.3 Å². The van der Waals surface area contributed by atoms with E-state index in [4.69, 9.17) is 17.0 Å². The molecule has 1 fully saturated rings. The number of thiocarbonyl (C=S) groups is 1. The predicted octanol–water partition coefficient (Wildman–Crippen LogP) is 5.17. The molecule has 0 atom stereocenters. The van der Waals surface area contributed by atoms with E-state index in [0.717, 1.165) is 11.3 Å². The highest BCUT2D eigenvalue weighted by atomic mass is 32.2. The number of carbonyl (C=O) groups excluding carboxylic acids is 2. The van der Waals surface area contributed by atoms with Gasteiger partial charge in [0, 0.05) is 24.5 Å². The van der Waals surface area contributed by atoms with Crippen LogP contribution in [-0.2, 0) is 9.59 Å². The molecule has 0 radical (unpaired) electrons. The van der Waals surface area contributed by atoms with Crippen LogP contribution in [0.25, 0.3) is 6.08 Å². The van der Waals surface area contributed by atoms with Gasteiger partial charge in [-0.3, -0.25) is 14.5 Å². The van der Waals surface area contributed by atoms with E-state index in [2.05, 4.69) is 10.3 Å². The van der Waals surface area contributed by atoms with Crippen LogP contribution in [0, 0.1) is 0 Å². The molecule has 1 aromatic heterocycles. The minimum Gasteiger partial charge on any atom is -0.457 e. The highest BCUT2D eigenvalue weighted by Gasteiger charge is 2.32. The van der Waals surface area contributed by atoms with Crippen molar-refractivity contribution in [3.8, 4) is 11.5 Å². The van der Waals surface area contributed by atoms with E-state index in [0.29, 0.717) is 20.1 Å². The van der Waals surface area contributed by atoms with Gasteiger partial charge in [0.1, 0.15) is 15.8 Å². The Morgan fingerprint density at radius 2 is 1.97 bits per heavy atom. The summed E-state index contributed by atoms with van der Waals surface area (Å²) in [5.41, 5.74) is 0.829. The Labute approximate surface area is 192 Å². The number of hydrogen-bond donors (Lipinski definition) is 1. The van der Waals surface area contributed by atoms with Crippen LogP contribution in [0.1, 0.15) is 12.0 Å². The number of rotatable bonds is 7. The third-order valence-corrected chi connectivity index (χ3v) is 6.32. The molecule has 156 valence electrons. The van der Waals surface area contributed by atoms with Gasteiger partial charge in [0.15, 0.2) is 5.13 Å². The zero-order chi connectivity index (χ0) is 21.6. The number of benzene rings is 2. The number of hydrogen-bond acceptors (Lipinski definition) is 7. The van der Waals surface area contributed by atoms with Crippen molar-refractivity contribution in [3.63, 3.8) is 0 Å². The largest absolute Gasteiger partial charge is 0.457 e. The Kier molecular flexibility index (Phi) is 6.76. The molecule has 6 nitrogen and oxygen atoms in total. The van der Waals surface area contributed by atoms with E-state index in [1.807, 2.05) is 54.6 Å². The van der Waals surface area contributed by atoms with Crippen LogP contribution in [0.5, 0.6) is 11.5 Å². The van der Waals surface area contributed by atoms with Gasteiger partial charge in [0.2, 0.25) is 5.91 Å². The number of nitrogens with zero attached hydrogens (tertiary/aromatic N) is 2. The molecule has 9 heteroatoms. The van der Waals surface area contributed by atoms with E-state index in [1.54, 1.807) is 17.7 Å². The smallest absolute Gasteiger partial charge is 0.266 e. The number of thiazole rings is 1. The van der Waals surface area contributed by atoms with Gasteiger partial charge < -0.3 is 10.1 Å². The zero-order valence-corrected chi connectivity index (χ0v) is 18.6. The Balaban J connectivity index is 1.40. The lowest BCUT2D eigenvalue weighted by atomic mass is 10.2. The van der Waals surface area contributed by atoms with E-state index < -0.39 is 0 Å². The molecule has 1 aliphatic rings. The van der Waals surface area contributed by atoms with Crippen molar-refractivity contribution in [3.05, 3.63) is 76.6 Å². The first-order chi connectivity index (χ1) is 15.1. The fraction of sp³-hybridized carbons (Fsp3) is 0.0909. The van der Waals surface area contributed by atoms with Crippen molar-refractivity contribution in [2.45, 2.75) is 6.42 Å². The Hall–Kier alpha value is -3.01. The van der Waals surface area contributed by atoms with E-state index in [9.17, 15) is 9.59 Å². The van der Waals surface area contributed by atoms with Crippen LogP contribution in [0.15, 0.2) is 71.1 Å². The maximum atomic E-state index is 12.8. The van der Waals surface area contributed by atoms with Gasteiger partial charge in [0.25, 0.3) is 5.91 Å². The predicted molar refractivity (Wildman–Crippen MR) is 128 cm³/mol. The lowest BCUT2D eigenvalue weighted by molar-refractivity contribution is -0.122. The molecule has 3 aromatic rings. The average Bonchev–Trinajstić information content (AvgIpc) is 3.36. The molecule has 2 amide bonds. The number of aromatic nitrogens is 1. The number of anilines is 1. The fourth-order valence-electron chi connectivity index (χ4n) is 2.82. The second-order valence-corrected chi connectivity index (χ2v) is 9.03. The van der Waals surface area contributed by atoms with Crippen molar-refractivity contribution >= 4 is 62.7 Å². The molecule has 0 aliphatic carbocycles. The molecule has 0 spiro atoms. The maximum absolute atomic E-state index is 12.8. The number of ether oxygens (including phenoxy) is 1. The monoisotopic (exact) mass is 467 g/mol. The van der Waals surface area contributed by atoms with E-state index >= 15 is 0 Å². The first kappa shape index (κ1) is 21.2. The van der Waals surface area contributed by atoms with Crippen LogP contribution in [0.3, 0.4) is 0 Å². The van der Waals surface area contributed by atoms with Gasteiger partial charge in [0.05, 0.1) is 4.91 Å². The number of amides is 2. The number of para-hydroxylation sites is 1. The molecule has 2 aromatic carbocycles. The summed E-state index contributed by atoms with van der Waals surface area (Å²) in [6, 6.07) is 17.0. The van der Waals surface area contributed by atoms with E-state index in [-0.39, 0.29) is 24.8 Å². The zero-order valence-electron chi connectivity index (χ0n) is 16.2. The molecule has 4 rings (SSSR count). The van der Waals surface area contributed by atoms with Gasteiger partial charge in [-0.2, -0.15) is 0 Å². The summed E-state index contributed by atoms with van der Waals surface area (Å²) < 4.78 is 6.29. The van der Waals surface area contributed by atoms with Crippen molar-refractivity contribution in [2.24, 2.45) is 0 Å². The summed E-state index contributed by atoms with van der Waals surface area (Å²) in [5.74, 6) is 1.00. The SMILES string of the molecule is O=C(CCN1C(=O)/C(=C/c2cccc(Oc3ccccc3)c2)SC1=S)Nc1nccs1. The highest BCUT2D eigenvalue weighted by molar-refractivity contribution is 8.26. The summed E-state index contributed by atoms with van der Waals surface area (Å²) in [4.78, 5) is 30.9. The summed E-state index contributed by atoms with van der Waals surface area (Å²) >= 11 is 7.92. The highest BCUT2D eigenvalue weighted by Crippen LogP contribution is 2.33. The van der Waals surface area contributed by atoms with Crippen molar-refractivity contribution in [1.82, 2.24) is 9.88 Å². The second kappa shape index (κ2) is 9.86. The lowest BCUT2D eigenvalue weighted by Crippen LogP contribution is -2.31. The van der Waals surface area contributed by atoms with Gasteiger partial charge in [-0.1, -0.05) is 54.3 Å². The molecular formula is C22H17N3O3S3. The van der Waals surface area contributed by atoms with Gasteiger partial charge in [-0.25, -0.2) is 4.98 Å². The van der Waals surface area contributed by atoms with Crippen LogP contribution < -0.4 is 10.1 Å². The fourth-order valence-corrected chi connectivity index (χ4v) is 4.67. The standard InChI is InChI=1S/C22H17N3O3S3/c26-19(24-21-23-10-12-30-21)9-11-25-20(27)18(31-22(25)29)14-15-5-4-8-17(13-15)28-16-6-2-1-3-7-16/h1-8,10,12-14H,9,11H2,(H,23,24,26)/b18-14-. The minimum absolute atomic E-state index is 0.139. The summed E-state index contributed by atoms with van der Waals surface area (Å²) in [6.45, 7) is 0.219. The van der Waals surface area contributed by atoms with Crippen LogP contribution in [0.2, 0.25) is 0 Å². The lowest BCUT2D eigenvalue weighted by Gasteiger charge is -2.13. The minimum atomic E-state index is -0.209. The van der Waals surface area contributed by atoms with Gasteiger partial charge in [-0.05, 0) is 35.9 Å². The van der Waals surface area contributed by atoms with Crippen molar-refractivity contribution < 1.29 is 14.3 Å². The quantitative estimate of drug-likeness (QED) is 0.382. The Morgan fingerprint density at radius 3 is 2.74 bits per heavy atom. The molecule has 2 heterocycles. The summed E-state index contributed by atoms with van der Waals surface area (Å²) in [7, 11) is 0. The summed E-state index contributed by atoms with van der Waals surface area (Å²) in [5, 5.41) is 5.02. The van der Waals surface area contributed by atoms with Crippen LogP contribution >= 0.6 is 35.3 Å². The summed E-state index contributed by atoms with van der Waals surface area (Å²) in [6.07, 6.45) is 3.54. The van der Waals surface area contributed by atoms with Gasteiger partial charge >= 0.3 is 0 Å². The van der Waals surface area contributed by atoms with E-state index in [1.165, 1.54) is 28.0 Å². The Bertz CT molecular complexity index is 1130. The normalized spacial score (nSPS) is 14.8. The number of carbonyl (C=O) groups is 2. The molecule has 1 aliphatic heterocycles. The Morgan fingerprint density at radius 1 is 1.16 bits per heavy atom. The first-order valence-corrected chi connectivity index (χ1v) is 11.5. The number of nitrogens with one attached hydrogen (secondary N) is 1. The molecule has 0 saturated carbocycles.